The molecule has 0 saturated carbocycles. The summed E-state index contributed by atoms with van der Waals surface area (Å²) in [6.07, 6.45) is 3.83. The van der Waals surface area contributed by atoms with E-state index >= 15 is 0 Å². The fraction of sp³-hybridized carbons (Fsp3) is 0.400. The van der Waals surface area contributed by atoms with Crippen molar-refractivity contribution in [3.8, 4) is 0 Å². The lowest BCUT2D eigenvalue weighted by Gasteiger charge is -2.18. The number of aryl methyl sites for hydroxylation is 1. The van der Waals surface area contributed by atoms with Crippen LogP contribution in [-0.2, 0) is 4.79 Å². The van der Waals surface area contributed by atoms with E-state index < -0.39 is 0 Å². The minimum atomic E-state index is -0.114. The maximum atomic E-state index is 12.8. The average Bonchev–Trinajstić information content (AvgIpc) is 3.16. The quantitative estimate of drug-likeness (QED) is 0.845. The Hall–Kier alpha value is -2.36. The highest BCUT2D eigenvalue weighted by Crippen LogP contribution is 2.47. The van der Waals surface area contributed by atoms with Gasteiger partial charge in [-0.3, -0.25) is 4.79 Å². The molecule has 2 aromatic rings. The monoisotopic (exact) mass is 323 g/mol. The summed E-state index contributed by atoms with van der Waals surface area (Å²) in [4.78, 5) is 12.8. The molecular weight excluding hydrogens is 298 g/mol. The zero-order valence-corrected chi connectivity index (χ0v) is 14.8. The van der Waals surface area contributed by atoms with E-state index in [0.29, 0.717) is 6.04 Å². The molecule has 24 heavy (non-hydrogen) atoms. The van der Waals surface area contributed by atoms with Crippen molar-refractivity contribution in [3.63, 3.8) is 0 Å². The van der Waals surface area contributed by atoms with Gasteiger partial charge in [0.2, 0.25) is 5.91 Å². The van der Waals surface area contributed by atoms with Gasteiger partial charge in [0.15, 0.2) is 0 Å². The largest absolute Gasteiger partial charge is 0.310 e. The molecule has 1 aromatic heterocycles. The van der Waals surface area contributed by atoms with Gasteiger partial charge < -0.3 is 5.32 Å². The Balaban J connectivity index is 1.77. The Morgan fingerprint density at radius 1 is 1.21 bits per heavy atom. The number of aromatic nitrogens is 2. The number of rotatable bonds is 6. The lowest BCUT2D eigenvalue weighted by Crippen LogP contribution is -2.21. The normalized spacial score (nSPS) is 16.6. The zero-order chi connectivity index (χ0) is 17.3. The third kappa shape index (κ3) is 2.88. The second-order valence-electron chi connectivity index (χ2n) is 6.48. The van der Waals surface area contributed by atoms with E-state index in [9.17, 15) is 4.79 Å². The molecule has 3 rings (SSSR count). The number of hydrogen-bond donors (Lipinski definition) is 1. The molecule has 4 heteroatoms. The van der Waals surface area contributed by atoms with Gasteiger partial charge in [-0.05, 0) is 37.8 Å². The van der Waals surface area contributed by atoms with Gasteiger partial charge in [0, 0.05) is 5.56 Å². The first-order valence-corrected chi connectivity index (χ1v) is 8.69. The van der Waals surface area contributed by atoms with Crippen molar-refractivity contribution in [2.45, 2.75) is 46.6 Å². The van der Waals surface area contributed by atoms with E-state index in [0.717, 1.165) is 40.9 Å². The van der Waals surface area contributed by atoms with E-state index in [4.69, 9.17) is 0 Å². The summed E-state index contributed by atoms with van der Waals surface area (Å²) in [5.74, 6) is 0.764. The summed E-state index contributed by atoms with van der Waals surface area (Å²) in [6, 6.07) is 10.5. The van der Waals surface area contributed by atoms with Crippen LogP contribution in [0.2, 0.25) is 0 Å². The van der Waals surface area contributed by atoms with Crippen LogP contribution in [0.15, 0.2) is 42.1 Å². The Morgan fingerprint density at radius 2 is 1.88 bits per heavy atom. The van der Waals surface area contributed by atoms with Crippen LogP contribution in [0.1, 0.15) is 50.8 Å². The Bertz CT molecular complexity index is 769. The maximum Gasteiger partial charge on any atom is 0.237 e. The lowest BCUT2D eigenvalue weighted by molar-refractivity contribution is -0.116. The topological polar surface area (TPSA) is 46.9 Å². The van der Waals surface area contributed by atoms with Gasteiger partial charge in [0.05, 0.1) is 18.2 Å². The van der Waals surface area contributed by atoms with E-state index in [2.05, 4.69) is 36.4 Å². The second-order valence-corrected chi connectivity index (χ2v) is 6.48. The summed E-state index contributed by atoms with van der Waals surface area (Å²) in [5.41, 5.74) is 4.46. The molecule has 1 heterocycles. The minimum absolute atomic E-state index is 0.0437. The molecule has 1 aliphatic rings. The van der Waals surface area contributed by atoms with E-state index in [1.807, 2.05) is 42.9 Å². The summed E-state index contributed by atoms with van der Waals surface area (Å²) < 4.78 is 1.97. The van der Waals surface area contributed by atoms with Crippen molar-refractivity contribution in [3.05, 3.63) is 53.2 Å². The van der Waals surface area contributed by atoms with Crippen LogP contribution in [0.25, 0.3) is 5.57 Å². The molecule has 0 bridgehead atoms. The van der Waals surface area contributed by atoms with Crippen LogP contribution in [0.4, 0.5) is 5.82 Å². The van der Waals surface area contributed by atoms with Crippen molar-refractivity contribution in [1.82, 2.24) is 9.78 Å². The van der Waals surface area contributed by atoms with Crippen LogP contribution in [-0.4, -0.2) is 15.7 Å². The van der Waals surface area contributed by atoms with Crippen LogP contribution >= 0.6 is 0 Å². The van der Waals surface area contributed by atoms with Crippen LogP contribution in [0, 0.1) is 12.8 Å². The van der Waals surface area contributed by atoms with Gasteiger partial charge in [0.25, 0.3) is 0 Å². The molecule has 126 valence electrons. The molecular formula is C20H25N3O. The summed E-state index contributed by atoms with van der Waals surface area (Å²) in [6.45, 7) is 8.33. The molecule has 4 nitrogen and oxygen atoms in total. The van der Waals surface area contributed by atoms with Crippen molar-refractivity contribution in [2.24, 2.45) is 5.92 Å². The molecule has 0 spiro atoms. The Morgan fingerprint density at radius 3 is 2.50 bits per heavy atom. The third-order valence-corrected chi connectivity index (χ3v) is 4.92. The van der Waals surface area contributed by atoms with Crippen molar-refractivity contribution in [1.29, 1.82) is 0 Å². The number of carbonyl (C=O) groups excluding carboxylic acids is 1. The molecule has 1 amide bonds. The summed E-state index contributed by atoms with van der Waals surface area (Å²) in [5, 5.41) is 7.59. The third-order valence-electron chi connectivity index (χ3n) is 4.92. The zero-order valence-electron chi connectivity index (χ0n) is 14.8. The number of hydrogen-bond acceptors (Lipinski definition) is 2. The molecule has 0 fully saturated rings. The number of benzene rings is 1. The number of nitrogens with zero attached hydrogens (tertiary/aromatic N) is 2. The predicted molar refractivity (Wildman–Crippen MR) is 97.7 cm³/mol. The van der Waals surface area contributed by atoms with Crippen molar-refractivity contribution in [2.75, 3.05) is 5.32 Å². The SMILES string of the molecule is CCC(CC)n1ncc(C)c1NC(=O)C1C(C)=C1c1ccccc1. The molecule has 0 radical (unpaired) electrons. The molecule has 1 aromatic carbocycles. The fourth-order valence-corrected chi connectivity index (χ4v) is 3.37. The van der Waals surface area contributed by atoms with E-state index in [1.54, 1.807) is 0 Å². The van der Waals surface area contributed by atoms with Gasteiger partial charge in [-0.1, -0.05) is 49.8 Å². The van der Waals surface area contributed by atoms with Gasteiger partial charge >= 0.3 is 0 Å². The standard InChI is InChI=1S/C20H25N3O/c1-5-16(6-2)23-19(13(3)12-21-23)22-20(24)18-14(4)17(18)15-10-8-7-9-11-15/h7-12,16,18H,5-6H2,1-4H3,(H,22,24). The molecule has 1 aliphatic carbocycles. The first kappa shape index (κ1) is 16.5. The first-order chi connectivity index (χ1) is 11.6. The number of anilines is 1. The van der Waals surface area contributed by atoms with Crippen molar-refractivity contribution >= 4 is 17.3 Å². The smallest absolute Gasteiger partial charge is 0.237 e. The second kappa shape index (κ2) is 6.63. The van der Waals surface area contributed by atoms with Crippen molar-refractivity contribution < 1.29 is 4.79 Å². The molecule has 0 aliphatic heterocycles. The summed E-state index contributed by atoms with van der Waals surface area (Å²) in [7, 11) is 0. The fourth-order valence-electron chi connectivity index (χ4n) is 3.37. The molecule has 0 saturated heterocycles. The number of nitrogens with one attached hydrogen (secondary N) is 1. The highest BCUT2D eigenvalue weighted by atomic mass is 16.2. The maximum absolute atomic E-state index is 12.8. The molecule has 1 N–H and O–H groups in total. The van der Waals surface area contributed by atoms with E-state index in [-0.39, 0.29) is 11.8 Å². The predicted octanol–water partition coefficient (Wildman–Crippen LogP) is 4.59. The number of carbonyl (C=O) groups is 1. The first-order valence-electron chi connectivity index (χ1n) is 8.69. The highest BCUT2D eigenvalue weighted by Gasteiger charge is 2.40. The summed E-state index contributed by atoms with van der Waals surface area (Å²) >= 11 is 0. The molecule has 1 unspecified atom stereocenters. The number of amides is 1. The van der Waals surface area contributed by atoms with Gasteiger partial charge in [-0.25, -0.2) is 4.68 Å². The van der Waals surface area contributed by atoms with Crippen LogP contribution < -0.4 is 5.32 Å². The molecule has 1 atom stereocenters. The Kier molecular flexibility index (Phi) is 4.56. The Labute approximate surface area is 143 Å². The minimum Gasteiger partial charge on any atom is -0.310 e. The lowest BCUT2D eigenvalue weighted by atomic mass is 10.1. The van der Waals surface area contributed by atoms with Gasteiger partial charge in [-0.2, -0.15) is 5.10 Å². The van der Waals surface area contributed by atoms with Gasteiger partial charge in [-0.15, -0.1) is 0 Å². The van der Waals surface area contributed by atoms with Crippen LogP contribution in [0.5, 0.6) is 0 Å². The van der Waals surface area contributed by atoms with E-state index in [1.165, 1.54) is 0 Å². The highest BCUT2D eigenvalue weighted by molar-refractivity contribution is 6.11. The van der Waals surface area contributed by atoms with Crippen LogP contribution in [0.3, 0.4) is 0 Å². The average molecular weight is 323 g/mol. The van der Waals surface area contributed by atoms with Gasteiger partial charge in [0.1, 0.15) is 5.82 Å².